The van der Waals surface area contributed by atoms with E-state index in [4.69, 9.17) is 4.74 Å². The van der Waals surface area contributed by atoms with Crippen LogP contribution in [-0.4, -0.2) is 31.5 Å². The molecule has 0 unspecified atom stereocenters. The maximum atomic E-state index is 14.2. The van der Waals surface area contributed by atoms with Crippen molar-refractivity contribution < 1.29 is 9.53 Å². The van der Waals surface area contributed by atoms with Gasteiger partial charge in [0.2, 0.25) is 0 Å². The first-order chi connectivity index (χ1) is 20.4. The molecule has 0 amide bonds. The molecule has 4 aromatic rings. The summed E-state index contributed by atoms with van der Waals surface area (Å²) in [6.07, 6.45) is 2.19. The second-order valence-corrected chi connectivity index (χ2v) is 25.9. The average molecular weight is 680 g/mol. The monoisotopic (exact) mass is 680 g/mol. The molecule has 0 heterocycles. The molecule has 224 valence electrons. The third-order valence-electron chi connectivity index (χ3n) is 9.09. The fourth-order valence-corrected chi connectivity index (χ4v) is 29.1. The summed E-state index contributed by atoms with van der Waals surface area (Å²) in [5.41, 5.74) is 4.58. The van der Waals surface area contributed by atoms with E-state index in [1.165, 1.54) is 16.7 Å². The molecular formula is C40H48O2Sn. The predicted molar refractivity (Wildman–Crippen MR) is 185 cm³/mol. The van der Waals surface area contributed by atoms with Gasteiger partial charge in [0, 0.05) is 0 Å². The molecule has 4 rings (SSSR count). The molecule has 0 aromatic heterocycles. The molecule has 0 saturated heterocycles. The first-order valence-electron chi connectivity index (χ1n) is 15.4. The van der Waals surface area contributed by atoms with Crippen molar-refractivity contribution in [3.8, 4) is 0 Å². The summed E-state index contributed by atoms with van der Waals surface area (Å²) in [5.74, 6) is -0.170. The minimum absolute atomic E-state index is 0.138. The molecule has 0 bridgehead atoms. The van der Waals surface area contributed by atoms with Crippen LogP contribution >= 0.6 is 0 Å². The number of carbonyl (C=O) groups is 1. The Balaban J connectivity index is 2.03. The number of esters is 1. The van der Waals surface area contributed by atoms with Gasteiger partial charge in [-0.3, -0.25) is 0 Å². The number of ether oxygens (including phenoxy) is 1. The average Bonchev–Trinajstić information content (AvgIpc) is 3.00. The van der Waals surface area contributed by atoms with E-state index >= 15 is 0 Å². The van der Waals surface area contributed by atoms with E-state index in [2.05, 4.69) is 151 Å². The van der Waals surface area contributed by atoms with Gasteiger partial charge < -0.3 is 0 Å². The summed E-state index contributed by atoms with van der Waals surface area (Å²) in [5, 5.41) is 0. The molecule has 0 aliphatic carbocycles. The Kier molecular flexibility index (Phi) is 10.4. The fraction of sp³-hybridized carbons (Fsp3) is 0.325. The Morgan fingerprint density at radius 3 is 1.16 bits per heavy atom. The van der Waals surface area contributed by atoms with Crippen LogP contribution in [-0.2, 0) is 25.8 Å². The molecule has 0 fully saturated rings. The van der Waals surface area contributed by atoms with Crippen LogP contribution in [0.3, 0.4) is 0 Å². The first kappa shape index (κ1) is 32.8. The maximum absolute atomic E-state index is 14.2. The van der Waals surface area contributed by atoms with Gasteiger partial charge in [0.05, 0.1) is 0 Å². The quantitative estimate of drug-likeness (QED) is 0.0847. The second kappa shape index (κ2) is 13.7. The first-order valence-corrected chi connectivity index (χ1v) is 22.9. The molecule has 0 saturated carbocycles. The van der Waals surface area contributed by atoms with Gasteiger partial charge >= 0.3 is 265 Å². The van der Waals surface area contributed by atoms with Crippen LogP contribution in [0, 0.1) is 0 Å². The summed E-state index contributed by atoms with van der Waals surface area (Å²) < 4.78 is 9.58. The molecule has 43 heavy (non-hydrogen) atoms. The SMILES string of the molecule is COC(=O)/[C](=C\c1ccccc1)[Sn]([CH2]C(C)(C)c1ccccc1)([CH2]C(C)(C)c1ccccc1)[CH2]C(C)(C)c1ccccc1. The molecule has 0 spiro atoms. The molecule has 4 aromatic carbocycles. The van der Waals surface area contributed by atoms with Crippen LogP contribution in [0.25, 0.3) is 6.08 Å². The van der Waals surface area contributed by atoms with E-state index < -0.39 is 18.4 Å². The van der Waals surface area contributed by atoms with Crippen molar-refractivity contribution in [2.24, 2.45) is 0 Å². The third kappa shape index (κ3) is 8.09. The van der Waals surface area contributed by atoms with Gasteiger partial charge in [-0.1, -0.05) is 0 Å². The normalized spacial score (nSPS) is 13.0. The Hall–Kier alpha value is -3.11. The van der Waals surface area contributed by atoms with E-state index in [0.717, 1.165) is 22.5 Å². The zero-order chi connectivity index (χ0) is 31.1. The molecule has 0 N–H and O–H groups in total. The number of hydrogen-bond donors (Lipinski definition) is 0. The van der Waals surface area contributed by atoms with Gasteiger partial charge in [-0.15, -0.1) is 0 Å². The molecule has 3 heteroatoms. The van der Waals surface area contributed by atoms with Crippen molar-refractivity contribution in [1.29, 1.82) is 0 Å². The summed E-state index contributed by atoms with van der Waals surface area (Å²) in [7, 11) is 1.55. The second-order valence-electron chi connectivity index (χ2n) is 14.0. The Bertz CT molecular complexity index is 1360. The van der Waals surface area contributed by atoms with E-state index in [9.17, 15) is 4.79 Å². The van der Waals surface area contributed by atoms with Crippen LogP contribution in [0.2, 0.25) is 13.3 Å². The Labute approximate surface area is 264 Å². The van der Waals surface area contributed by atoms with Crippen molar-refractivity contribution >= 4 is 30.4 Å². The summed E-state index contributed by atoms with van der Waals surface area (Å²) >= 11 is -3.89. The zero-order valence-electron chi connectivity index (χ0n) is 27.1. The molecular weight excluding hydrogens is 631 g/mol. The van der Waals surface area contributed by atoms with E-state index in [0.29, 0.717) is 0 Å². The number of rotatable bonds is 12. The van der Waals surface area contributed by atoms with E-state index in [1.54, 1.807) is 7.11 Å². The molecule has 0 atom stereocenters. The van der Waals surface area contributed by atoms with Gasteiger partial charge in [-0.25, -0.2) is 0 Å². The molecule has 2 nitrogen and oxygen atoms in total. The Morgan fingerprint density at radius 1 is 0.558 bits per heavy atom. The van der Waals surface area contributed by atoms with E-state index in [1.807, 2.05) is 18.2 Å². The third-order valence-corrected chi connectivity index (χ3v) is 26.7. The van der Waals surface area contributed by atoms with Gasteiger partial charge in [-0.05, 0) is 0 Å². The van der Waals surface area contributed by atoms with Gasteiger partial charge in [0.25, 0.3) is 0 Å². The molecule has 0 radical (unpaired) electrons. The van der Waals surface area contributed by atoms with Crippen LogP contribution in [0.5, 0.6) is 0 Å². The van der Waals surface area contributed by atoms with Crippen molar-refractivity contribution in [1.82, 2.24) is 0 Å². The fourth-order valence-electron chi connectivity index (χ4n) is 7.24. The summed E-state index contributed by atoms with van der Waals surface area (Å²) in [6.45, 7) is 14.2. The van der Waals surface area contributed by atoms with Crippen molar-refractivity contribution in [3.63, 3.8) is 0 Å². The van der Waals surface area contributed by atoms with Gasteiger partial charge in [0.15, 0.2) is 0 Å². The van der Waals surface area contributed by atoms with Crippen molar-refractivity contribution in [2.45, 2.75) is 71.1 Å². The van der Waals surface area contributed by atoms with Crippen LogP contribution < -0.4 is 0 Å². The number of benzene rings is 4. The van der Waals surface area contributed by atoms with Crippen LogP contribution in [0.1, 0.15) is 63.8 Å². The van der Waals surface area contributed by atoms with Crippen molar-refractivity contribution in [3.05, 3.63) is 147 Å². The number of methoxy groups -OCH3 is 1. The predicted octanol–water partition coefficient (Wildman–Crippen LogP) is 10.2. The topological polar surface area (TPSA) is 26.3 Å². The molecule has 0 aliphatic rings. The minimum atomic E-state index is -3.89. The molecule has 0 aliphatic heterocycles. The van der Waals surface area contributed by atoms with Gasteiger partial charge in [0.1, 0.15) is 0 Å². The van der Waals surface area contributed by atoms with Gasteiger partial charge in [-0.2, -0.15) is 0 Å². The van der Waals surface area contributed by atoms with Crippen LogP contribution in [0.4, 0.5) is 0 Å². The standard InChI is InChI=1S/C10H9O2.3C10H13.Sn/c1-12-10(11)8-7-9-5-3-2-4-6-9;3*1-10(2,3)9-7-5-4-6-8-9;/h2-7H,1H3;3*4-8H,1H2,2-3H3;. The van der Waals surface area contributed by atoms with Crippen LogP contribution in [0.15, 0.2) is 125 Å². The number of hydrogen-bond acceptors (Lipinski definition) is 2. The van der Waals surface area contributed by atoms with E-state index in [-0.39, 0.29) is 22.2 Å². The van der Waals surface area contributed by atoms with Crippen molar-refractivity contribution in [2.75, 3.05) is 7.11 Å². The number of carbonyl (C=O) groups excluding carboxylic acids is 1. The summed E-state index contributed by atoms with van der Waals surface area (Å²) in [4.78, 5) is 14.2. The zero-order valence-corrected chi connectivity index (χ0v) is 29.9. The summed E-state index contributed by atoms with van der Waals surface area (Å²) in [6, 6.07) is 42.9. The Morgan fingerprint density at radius 2 is 0.860 bits per heavy atom.